The van der Waals surface area contributed by atoms with E-state index < -0.39 is 4.92 Å². The van der Waals surface area contributed by atoms with E-state index in [2.05, 4.69) is 4.90 Å². The number of hydrogen-bond acceptors (Lipinski definition) is 5. The monoisotopic (exact) mass is 319 g/mol. The number of non-ortho nitro benzene ring substituents is 1. The van der Waals surface area contributed by atoms with E-state index in [4.69, 9.17) is 0 Å². The average Bonchev–Trinajstić information content (AvgIpc) is 3.12. The van der Waals surface area contributed by atoms with Gasteiger partial charge in [-0.1, -0.05) is 0 Å². The number of rotatable bonds is 4. The van der Waals surface area contributed by atoms with E-state index in [0.717, 1.165) is 30.8 Å². The third-order valence-electron chi connectivity index (χ3n) is 4.82. The number of aliphatic hydroxyl groups is 1. The predicted octanol–water partition coefficient (Wildman–Crippen LogP) is 1.19. The minimum absolute atomic E-state index is 0.0174. The fourth-order valence-corrected chi connectivity index (χ4v) is 3.44. The van der Waals surface area contributed by atoms with Crippen LogP contribution in [0.25, 0.3) is 0 Å². The van der Waals surface area contributed by atoms with E-state index in [1.807, 2.05) is 0 Å². The van der Waals surface area contributed by atoms with Crippen molar-refractivity contribution in [2.24, 2.45) is 5.92 Å². The summed E-state index contributed by atoms with van der Waals surface area (Å²) in [5.41, 5.74) is 1.71. The van der Waals surface area contributed by atoms with Gasteiger partial charge >= 0.3 is 0 Å². The maximum Gasteiger partial charge on any atom is 0.269 e. The zero-order valence-corrected chi connectivity index (χ0v) is 13.1. The summed E-state index contributed by atoms with van der Waals surface area (Å²) in [7, 11) is 0. The van der Waals surface area contributed by atoms with Gasteiger partial charge in [-0.15, -0.1) is 0 Å². The molecular formula is C16H21N3O4. The lowest BCUT2D eigenvalue weighted by Crippen LogP contribution is -2.39. The van der Waals surface area contributed by atoms with Gasteiger partial charge in [0.1, 0.15) is 0 Å². The van der Waals surface area contributed by atoms with Crippen molar-refractivity contribution in [3.05, 3.63) is 33.9 Å². The number of carbonyl (C=O) groups is 1. The van der Waals surface area contributed by atoms with Gasteiger partial charge in [-0.25, -0.2) is 0 Å². The van der Waals surface area contributed by atoms with Crippen LogP contribution in [0.5, 0.6) is 0 Å². The molecule has 1 saturated heterocycles. The molecule has 1 aromatic carbocycles. The van der Waals surface area contributed by atoms with Gasteiger partial charge in [0.05, 0.1) is 17.6 Å². The van der Waals surface area contributed by atoms with Gasteiger partial charge in [0.15, 0.2) is 0 Å². The molecular weight excluding hydrogens is 298 g/mol. The summed E-state index contributed by atoms with van der Waals surface area (Å²) in [6.07, 6.45) is 1.22. The number of nitrogens with zero attached hydrogens (tertiary/aromatic N) is 3. The van der Waals surface area contributed by atoms with E-state index in [1.165, 1.54) is 6.07 Å². The Bertz CT molecular complexity index is 632. The van der Waals surface area contributed by atoms with E-state index in [-0.39, 0.29) is 23.6 Å². The molecule has 1 fully saturated rings. The first kappa shape index (κ1) is 15.9. The fourth-order valence-electron chi connectivity index (χ4n) is 3.44. The van der Waals surface area contributed by atoms with Crippen LogP contribution in [0.4, 0.5) is 11.4 Å². The van der Waals surface area contributed by atoms with Gasteiger partial charge in [-0.05, 0) is 43.9 Å². The van der Waals surface area contributed by atoms with Crippen LogP contribution in [-0.4, -0.2) is 53.1 Å². The van der Waals surface area contributed by atoms with Gasteiger partial charge in [-0.3, -0.25) is 19.8 Å². The minimum Gasteiger partial charge on any atom is -0.393 e. The van der Waals surface area contributed by atoms with Crippen LogP contribution in [0, 0.1) is 16.0 Å². The average molecular weight is 319 g/mol. The highest BCUT2D eigenvalue weighted by atomic mass is 16.6. The molecule has 1 N–H and O–H groups in total. The second-order valence-corrected chi connectivity index (χ2v) is 6.39. The van der Waals surface area contributed by atoms with Crippen LogP contribution < -0.4 is 4.90 Å². The zero-order chi connectivity index (χ0) is 16.6. The van der Waals surface area contributed by atoms with E-state index in [9.17, 15) is 20.0 Å². The zero-order valence-electron chi connectivity index (χ0n) is 13.1. The number of anilines is 1. The first-order valence-electron chi connectivity index (χ1n) is 7.94. The van der Waals surface area contributed by atoms with Crippen LogP contribution in [0.15, 0.2) is 18.2 Å². The Hall–Kier alpha value is -1.99. The molecule has 7 nitrogen and oxygen atoms in total. The first-order valence-corrected chi connectivity index (χ1v) is 7.94. The number of carbonyl (C=O) groups excluding carboxylic acids is 1. The molecule has 2 aliphatic rings. The van der Waals surface area contributed by atoms with Gasteiger partial charge in [-0.2, -0.15) is 0 Å². The Morgan fingerprint density at radius 1 is 1.48 bits per heavy atom. The van der Waals surface area contributed by atoms with Crippen LogP contribution in [0.3, 0.4) is 0 Å². The molecule has 0 saturated carbocycles. The van der Waals surface area contributed by atoms with E-state index >= 15 is 0 Å². The Kier molecular flexibility index (Phi) is 4.32. The number of benzene rings is 1. The topological polar surface area (TPSA) is 86.9 Å². The SMILES string of the molecule is CC(O)C1CCN(CC(=O)N2CCc3cc([N+](=O)[O-])ccc32)C1. The Morgan fingerprint density at radius 2 is 2.26 bits per heavy atom. The minimum atomic E-state index is -0.412. The molecule has 1 aromatic rings. The molecule has 0 aliphatic carbocycles. The molecule has 7 heteroatoms. The van der Waals surface area contributed by atoms with Crippen molar-refractivity contribution in [1.82, 2.24) is 4.90 Å². The molecule has 0 aromatic heterocycles. The van der Waals surface area contributed by atoms with Crippen LogP contribution >= 0.6 is 0 Å². The number of nitro groups is 1. The van der Waals surface area contributed by atoms with Crippen molar-refractivity contribution in [2.45, 2.75) is 25.9 Å². The third-order valence-corrected chi connectivity index (χ3v) is 4.82. The van der Waals surface area contributed by atoms with Crippen molar-refractivity contribution in [1.29, 1.82) is 0 Å². The molecule has 2 heterocycles. The van der Waals surface area contributed by atoms with Crippen molar-refractivity contribution >= 4 is 17.3 Å². The molecule has 2 unspecified atom stereocenters. The summed E-state index contributed by atoms with van der Waals surface area (Å²) >= 11 is 0. The van der Waals surface area contributed by atoms with Crippen molar-refractivity contribution in [2.75, 3.05) is 31.1 Å². The highest BCUT2D eigenvalue weighted by Gasteiger charge is 2.31. The quantitative estimate of drug-likeness (QED) is 0.665. The largest absolute Gasteiger partial charge is 0.393 e. The summed E-state index contributed by atoms with van der Waals surface area (Å²) in [5, 5.41) is 20.5. The van der Waals surface area contributed by atoms with E-state index in [0.29, 0.717) is 19.5 Å². The van der Waals surface area contributed by atoms with Gasteiger partial charge in [0.2, 0.25) is 5.91 Å². The molecule has 3 rings (SSSR count). The van der Waals surface area contributed by atoms with Crippen molar-refractivity contribution in [3.63, 3.8) is 0 Å². The highest BCUT2D eigenvalue weighted by molar-refractivity contribution is 5.97. The first-order chi connectivity index (χ1) is 11.0. The normalized spacial score (nSPS) is 22.2. The fraction of sp³-hybridized carbons (Fsp3) is 0.562. The van der Waals surface area contributed by atoms with E-state index in [1.54, 1.807) is 24.0 Å². The van der Waals surface area contributed by atoms with Crippen LogP contribution in [0.2, 0.25) is 0 Å². The maximum absolute atomic E-state index is 12.5. The third kappa shape index (κ3) is 3.20. The number of hydrogen-bond donors (Lipinski definition) is 1. The molecule has 0 radical (unpaired) electrons. The second kappa shape index (κ2) is 6.25. The van der Waals surface area contributed by atoms with Crippen LogP contribution in [-0.2, 0) is 11.2 Å². The lowest BCUT2D eigenvalue weighted by molar-refractivity contribution is -0.384. The molecule has 2 aliphatic heterocycles. The van der Waals surface area contributed by atoms with Gasteiger partial charge in [0, 0.05) is 30.9 Å². The Labute approximate surface area is 134 Å². The number of nitro benzene ring substituents is 1. The molecule has 0 bridgehead atoms. The molecule has 0 spiro atoms. The summed E-state index contributed by atoms with van der Waals surface area (Å²) in [4.78, 5) is 26.8. The second-order valence-electron chi connectivity index (χ2n) is 6.39. The van der Waals surface area contributed by atoms with Crippen LogP contribution in [0.1, 0.15) is 18.9 Å². The molecule has 23 heavy (non-hydrogen) atoms. The number of aliphatic hydroxyl groups excluding tert-OH is 1. The summed E-state index contributed by atoms with van der Waals surface area (Å²) in [6, 6.07) is 4.67. The number of amides is 1. The Balaban J connectivity index is 1.66. The smallest absolute Gasteiger partial charge is 0.269 e. The summed E-state index contributed by atoms with van der Waals surface area (Å²) in [6.45, 7) is 4.26. The Morgan fingerprint density at radius 3 is 2.91 bits per heavy atom. The highest BCUT2D eigenvalue weighted by Crippen LogP contribution is 2.31. The lowest BCUT2D eigenvalue weighted by Gasteiger charge is -2.22. The number of fused-ring (bicyclic) bond motifs is 1. The van der Waals surface area contributed by atoms with Gasteiger partial charge < -0.3 is 10.0 Å². The summed E-state index contributed by atoms with van der Waals surface area (Å²) in [5.74, 6) is 0.250. The standard InChI is InChI=1S/C16H21N3O4/c1-11(20)13-4-6-17(9-13)10-16(21)18-7-5-12-8-14(19(22)23)2-3-15(12)18/h2-3,8,11,13,20H,4-7,9-10H2,1H3. The molecule has 1 amide bonds. The number of likely N-dealkylation sites (tertiary alicyclic amines) is 1. The molecule has 2 atom stereocenters. The summed E-state index contributed by atoms with van der Waals surface area (Å²) < 4.78 is 0. The van der Waals surface area contributed by atoms with Gasteiger partial charge in [0.25, 0.3) is 5.69 Å². The maximum atomic E-state index is 12.5. The predicted molar refractivity (Wildman–Crippen MR) is 85.4 cm³/mol. The van der Waals surface area contributed by atoms with Crippen molar-refractivity contribution < 1.29 is 14.8 Å². The lowest BCUT2D eigenvalue weighted by atomic mass is 10.0. The van der Waals surface area contributed by atoms with Crippen molar-refractivity contribution in [3.8, 4) is 0 Å². The molecule has 124 valence electrons.